The average molecular weight is 108 g/mol. The van der Waals surface area contributed by atoms with Crippen LogP contribution in [0.2, 0.25) is 0 Å². The van der Waals surface area contributed by atoms with Gasteiger partial charge >= 0.3 is 0 Å². The van der Waals surface area contributed by atoms with E-state index in [1.807, 2.05) is 6.07 Å². The highest BCUT2D eigenvalue weighted by molar-refractivity contribution is 5.67. The van der Waals surface area contributed by atoms with Crippen LogP contribution in [0.1, 0.15) is 0 Å². The largest absolute Gasteiger partial charge is 0.445 e. The van der Waals surface area contributed by atoms with Crippen molar-refractivity contribution in [2.24, 2.45) is 0 Å². The summed E-state index contributed by atoms with van der Waals surface area (Å²) in [6, 6.07) is 1.84. The smallest absolute Gasteiger partial charge is 0.244 e. The Bertz CT molecular complexity index is 232. The van der Waals surface area contributed by atoms with Gasteiger partial charge in [0, 0.05) is 6.07 Å². The molecule has 1 N–H and O–H groups in total. The normalized spacial score (nSPS) is 10.5. The molecular weight excluding hydrogens is 104 g/mol. The molecule has 0 saturated heterocycles. The first-order valence-corrected chi connectivity index (χ1v) is 2.33. The molecule has 0 aromatic carbocycles. The number of aromatic amines is 1. The summed E-state index contributed by atoms with van der Waals surface area (Å²) in [5.74, 6) is 0. The molecule has 0 fully saturated rings. The zero-order valence-corrected chi connectivity index (χ0v) is 4.09. The minimum atomic E-state index is 0.671. The van der Waals surface area contributed by atoms with Gasteiger partial charge in [-0.1, -0.05) is 0 Å². The van der Waals surface area contributed by atoms with Crippen molar-refractivity contribution in [3.05, 3.63) is 18.7 Å². The van der Waals surface area contributed by atoms with E-state index in [4.69, 9.17) is 4.42 Å². The fourth-order valence-corrected chi connectivity index (χ4v) is 0.672. The molecule has 0 saturated carbocycles. The molecule has 8 heavy (non-hydrogen) atoms. The molecule has 2 rings (SSSR count). The van der Waals surface area contributed by atoms with Gasteiger partial charge in [-0.25, -0.2) is 4.98 Å². The minimum Gasteiger partial charge on any atom is -0.445 e. The van der Waals surface area contributed by atoms with Crippen LogP contribution >= 0.6 is 0 Å². The molecule has 0 aliphatic carbocycles. The number of imidazole rings is 1. The van der Waals surface area contributed by atoms with E-state index in [9.17, 15) is 0 Å². The van der Waals surface area contributed by atoms with Crippen molar-refractivity contribution >= 4 is 11.2 Å². The van der Waals surface area contributed by atoms with Crippen molar-refractivity contribution in [3.63, 3.8) is 0 Å². The Morgan fingerprint density at radius 1 is 1.62 bits per heavy atom. The Kier molecular flexibility index (Phi) is 0.521. The Labute approximate surface area is 45.3 Å². The predicted octanol–water partition coefficient (Wildman–Crippen LogP) is 1.16. The zero-order chi connectivity index (χ0) is 5.40. The lowest BCUT2D eigenvalue weighted by atomic mass is 10.6. The van der Waals surface area contributed by atoms with Crippen molar-refractivity contribution < 1.29 is 4.42 Å². The van der Waals surface area contributed by atoms with Crippen LogP contribution in [0.3, 0.4) is 0 Å². The Morgan fingerprint density at radius 2 is 2.62 bits per heavy atom. The summed E-state index contributed by atoms with van der Waals surface area (Å²) >= 11 is 0. The standard InChI is InChI=1S/C5H4N2O/c1-2-8-5-4(1)6-3-7-5/h1-3H,(H,6,7). The van der Waals surface area contributed by atoms with Crippen LogP contribution in [0, 0.1) is 0 Å². The van der Waals surface area contributed by atoms with Gasteiger partial charge in [-0.3, -0.25) is 0 Å². The summed E-state index contributed by atoms with van der Waals surface area (Å²) in [7, 11) is 0. The molecule has 0 radical (unpaired) electrons. The Hall–Kier alpha value is -1.25. The Balaban J connectivity index is 3.06. The van der Waals surface area contributed by atoms with Crippen LogP contribution in [0.15, 0.2) is 23.1 Å². The van der Waals surface area contributed by atoms with Crippen molar-refractivity contribution in [3.8, 4) is 0 Å². The molecule has 0 bridgehead atoms. The molecule has 2 aromatic rings. The molecule has 0 atom stereocenters. The number of H-pyrrole nitrogens is 1. The number of aromatic nitrogens is 2. The number of fused-ring (bicyclic) bond motifs is 1. The van der Waals surface area contributed by atoms with E-state index < -0.39 is 0 Å². The third-order valence-corrected chi connectivity index (χ3v) is 1.05. The molecule has 0 unspecified atom stereocenters. The van der Waals surface area contributed by atoms with Gasteiger partial charge in [-0.15, -0.1) is 0 Å². The van der Waals surface area contributed by atoms with E-state index in [-0.39, 0.29) is 0 Å². The highest BCUT2D eigenvalue weighted by atomic mass is 16.3. The molecule has 0 spiro atoms. The number of rotatable bonds is 0. The second-order valence-corrected chi connectivity index (χ2v) is 1.54. The second kappa shape index (κ2) is 1.12. The van der Waals surface area contributed by atoms with Crippen LogP contribution in [0.5, 0.6) is 0 Å². The lowest BCUT2D eigenvalue weighted by Crippen LogP contribution is -1.50. The topological polar surface area (TPSA) is 41.8 Å². The highest BCUT2D eigenvalue weighted by Crippen LogP contribution is 2.07. The average Bonchev–Trinajstić information content (AvgIpc) is 2.15. The monoisotopic (exact) mass is 108 g/mol. The first kappa shape index (κ1) is 3.72. The second-order valence-electron chi connectivity index (χ2n) is 1.54. The van der Waals surface area contributed by atoms with Gasteiger partial charge in [0.1, 0.15) is 5.52 Å². The molecule has 2 aromatic heterocycles. The maximum Gasteiger partial charge on any atom is 0.244 e. The zero-order valence-electron chi connectivity index (χ0n) is 4.09. The summed E-state index contributed by atoms with van der Waals surface area (Å²) in [5.41, 5.74) is 1.62. The van der Waals surface area contributed by atoms with Crippen LogP contribution < -0.4 is 0 Å². The molecule has 0 aliphatic heterocycles. The molecule has 0 aliphatic rings. The van der Waals surface area contributed by atoms with E-state index >= 15 is 0 Å². The molecule has 0 amide bonds. The maximum absolute atomic E-state index is 4.92. The summed E-state index contributed by atoms with van der Waals surface area (Å²) in [5, 5.41) is 0. The van der Waals surface area contributed by atoms with E-state index in [1.54, 1.807) is 12.6 Å². The number of nitrogens with one attached hydrogen (secondary N) is 1. The number of hydrogen-bond donors (Lipinski definition) is 1. The Morgan fingerprint density at radius 3 is 3.50 bits per heavy atom. The molecule has 3 nitrogen and oxygen atoms in total. The van der Waals surface area contributed by atoms with Gasteiger partial charge in [0.2, 0.25) is 5.71 Å². The van der Waals surface area contributed by atoms with E-state index in [1.165, 1.54) is 0 Å². The predicted molar refractivity (Wildman–Crippen MR) is 28.4 cm³/mol. The lowest BCUT2D eigenvalue weighted by molar-refractivity contribution is 0.604. The first-order chi connectivity index (χ1) is 3.97. The number of furan rings is 1. The van der Waals surface area contributed by atoms with Crippen molar-refractivity contribution in [2.45, 2.75) is 0 Å². The molecule has 2 heterocycles. The SMILES string of the molecule is c1nc2occc2[nH]1. The fourth-order valence-electron chi connectivity index (χ4n) is 0.672. The van der Waals surface area contributed by atoms with E-state index in [2.05, 4.69) is 9.97 Å². The quantitative estimate of drug-likeness (QED) is 0.550. The van der Waals surface area contributed by atoms with Crippen molar-refractivity contribution in [1.82, 2.24) is 9.97 Å². The van der Waals surface area contributed by atoms with Crippen LogP contribution in [-0.2, 0) is 0 Å². The van der Waals surface area contributed by atoms with E-state index in [0.29, 0.717) is 5.71 Å². The fraction of sp³-hybridized carbons (Fsp3) is 0. The third-order valence-electron chi connectivity index (χ3n) is 1.05. The summed E-state index contributed by atoms with van der Waals surface area (Å²) in [4.78, 5) is 6.75. The van der Waals surface area contributed by atoms with Gasteiger partial charge < -0.3 is 9.40 Å². The third kappa shape index (κ3) is 0.307. The molecule has 40 valence electrons. The molecular formula is C5H4N2O. The summed E-state index contributed by atoms with van der Waals surface area (Å²) < 4.78 is 4.92. The lowest BCUT2D eigenvalue weighted by Gasteiger charge is -1.64. The summed E-state index contributed by atoms with van der Waals surface area (Å²) in [6.45, 7) is 0. The van der Waals surface area contributed by atoms with Crippen molar-refractivity contribution in [1.29, 1.82) is 0 Å². The highest BCUT2D eigenvalue weighted by Gasteiger charge is 1.93. The number of nitrogens with zero attached hydrogens (tertiary/aromatic N) is 1. The summed E-state index contributed by atoms with van der Waals surface area (Å²) in [6.07, 6.45) is 3.21. The van der Waals surface area contributed by atoms with Crippen LogP contribution in [-0.4, -0.2) is 9.97 Å². The number of hydrogen-bond acceptors (Lipinski definition) is 2. The van der Waals surface area contributed by atoms with Gasteiger partial charge in [-0.2, -0.15) is 0 Å². The van der Waals surface area contributed by atoms with E-state index in [0.717, 1.165) is 5.52 Å². The van der Waals surface area contributed by atoms with Gasteiger partial charge in [0.25, 0.3) is 0 Å². The van der Waals surface area contributed by atoms with Crippen LogP contribution in [0.25, 0.3) is 11.2 Å². The maximum atomic E-state index is 4.92. The van der Waals surface area contributed by atoms with Crippen LogP contribution in [0.4, 0.5) is 0 Å². The van der Waals surface area contributed by atoms with Gasteiger partial charge in [0.05, 0.1) is 12.6 Å². The minimum absolute atomic E-state index is 0.671. The molecule has 3 heteroatoms. The van der Waals surface area contributed by atoms with Crippen molar-refractivity contribution in [2.75, 3.05) is 0 Å². The van der Waals surface area contributed by atoms with Gasteiger partial charge in [0.15, 0.2) is 0 Å². The first-order valence-electron chi connectivity index (χ1n) is 2.33. The van der Waals surface area contributed by atoms with Gasteiger partial charge in [-0.05, 0) is 0 Å².